The van der Waals surface area contributed by atoms with Crippen LogP contribution in [0.4, 0.5) is 0 Å². The highest BCUT2D eigenvalue weighted by Crippen LogP contribution is 2.22. The number of aromatic nitrogens is 5. The zero-order valence-corrected chi connectivity index (χ0v) is 13.8. The number of carbonyl (C=O) groups is 1. The Labute approximate surface area is 132 Å². The molecule has 7 nitrogen and oxygen atoms in total. The Kier molecular flexibility index (Phi) is 4.17. The fraction of sp³-hybridized carbons (Fsp3) is 0.364. The molecule has 1 amide bonds. The van der Waals surface area contributed by atoms with Crippen molar-refractivity contribution in [2.45, 2.75) is 24.2 Å². The summed E-state index contributed by atoms with van der Waals surface area (Å²) in [5.74, 6) is 0.268. The number of imidazole rings is 1. The lowest BCUT2D eigenvalue weighted by Gasteiger charge is -2.10. The number of hydrogen-bond acceptors (Lipinski definition) is 8. The number of carbonyl (C=O) groups excluding carboxylic acids is 1. The molecule has 0 spiro atoms. The molecular weight excluding hydrogens is 328 g/mol. The normalized spacial score (nSPS) is 12.7. The van der Waals surface area contributed by atoms with E-state index in [4.69, 9.17) is 0 Å². The third kappa shape index (κ3) is 3.39. The lowest BCUT2D eigenvalue weighted by atomic mass is 10.2. The minimum Gasteiger partial charge on any atom is -0.347 e. The first-order chi connectivity index (χ1) is 10.1. The van der Waals surface area contributed by atoms with E-state index in [2.05, 4.69) is 25.6 Å². The number of amides is 1. The highest BCUT2D eigenvalue weighted by molar-refractivity contribution is 8.01. The molecule has 1 atom stereocenters. The van der Waals surface area contributed by atoms with Crippen LogP contribution < -0.4 is 5.32 Å². The molecule has 0 radical (unpaired) electrons. The van der Waals surface area contributed by atoms with Crippen molar-refractivity contribution in [3.63, 3.8) is 0 Å². The summed E-state index contributed by atoms with van der Waals surface area (Å²) in [6, 6.07) is -0.150. The van der Waals surface area contributed by atoms with Gasteiger partial charge in [0.1, 0.15) is 10.5 Å². The van der Waals surface area contributed by atoms with Gasteiger partial charge in [0.05, 0.1) is 23.7 Å². The molecule has 0 fully saturated rings. The fourth-order valence-corrected chi connectivity index (χ4v) is 3.92. The minimum atomic E-state index is -0.150. The van der Waals surface area contributed by atoms with E-state index >= 15 is 0 Å². The lowest BCUT2D eigenvalue weighted by molar-refractivity contribution is -0.119. The van der Waals surface area contributed by atoms with E-state index in [0.717, 1.165) is 20.0 Å². The topological polar surface area (TPSA) is 85.1 Å². The van der Waals surface area contributed by atoms with E-state index in [1.54, 1.807) is 10.0 Å². The lowest BCUT2D eigenvalue weighted by Crippen LogP contribution is -2.28. The van der Waals surface area contributed by atoms with Gasteiger partial charge in [-0.3, -0.25) is 4.79 Å². The summed E-state index contributed by atoms with van der Waals surface area (Å²) in [5.41, 5.74) is 2.54. The molecule has 3 heterocycles. The van der Waals surface area contributed by atoms with E-state index in [0.29, 0.717) is 5.75 Å². The van der Waals surface area contributed by atoms with E-state index in [9.17, 15) is 4.79 Å². The Morgan fingerprint density at radius 2 is 2.38 bits per heavy atom. The summed E-state index contributed by atoms with van der Waals surface area (Å²) in [5, 5.41) is 15.8. The maximum absolute atomic E-state index is 11.9. The summed E-state index contributed by atoms with van der Waals surface area (Å²) in [7, 11) is 0. The van der Waals surface area contributed by atoms with Crippen molar-refractivity contribution in [1.82, 2.24) is 30.1 Å². The molecule has 3 aromatic heterocycles. The molecule has 110 valence electrons. The Morgan fingerprint density at radius 3 is 3.10 bits per heavy atom. The molecule has 3 aromatic rings. The van der Waals surface area contributed by atoms with Gasteiger partial charge in [-0.1, -0.05) is 34.4 Å². The molecule has 0 aromatic carbocycles. The Morgan fingerprint density at radius 1 is 1.52 bits per heavy atom. The van der Waals surface area contributed by atoms with Crippen LogP contribution in [0.25, 0.3) is 4.96 Å². The molecule has 0 saturated heterocycles. The molecule has 1 N–H and O–H groups in total. The van der Waals surface area contributed by atoms with Crippen molar-refractivity contribution in [3.8, 4) is 0 Å². The fourth-order valence-electron chi connectivity index (χ4n) is 1.69. The van der Waals surface area contributed by atoms with Crippen LogP contribution in [0.2, 0.25) is 0 Å². The zero-order valence-electron chi connectivity index (χ0n) is 11.3. The van der Waals surface area contributed by atoms with E-state index in [1.165, 1.54) is 34.4 Å². The molecule has 0 saturated carbocycles. The first-order valence-electron chi connectivity index (χ1n) is 6.13. The third-order valence-electron chi connectivity index (χ3n) is 2.66. The Bertz CT molecular complexity index is 734. The van der Waals surface area contributed by atoms with Gasteiger partial charge < -0.3 is 5.32 Å². The summed E-state index contributed by atoms with van der Waals surface area (Å²) in [6.45, 7) is 3.80. The van der Waals surface area contributed by atoms with Crippen LogP contribution in [-0.4, -0.2) is 36.5 Å². The van der Waals surface area contributed by atoms with Crippen molar-refractivity contribution in [2.75, 3.05) is 5.75 Å². The monoisotopic (exact) mass is 340 g/mol. The second-order valence-electron chi connectivity index (χ2n) is 4.30. The average Bonchev–Trinajstić information content (AvgIpc) is 3.11. The van der Waals surface area contributed by atoms with Crippen LogP contribution in [0.15, 0.2) is 16.0 Å². The average molecular weight is 340 g/mol. The van der Waals surface area contributed by atoms with Crippen LogP contribution in [0.5, 0.6) is 0 Å². The van der Waals surface area contributed by atoms with Gasteiger partial charge >= 0.3 is 0 Å². The standard InChI is InChI=1S/C11H12N6OS3/c1-6(8-3-17-10(14-8)20-5-12-17)13-9(18)4-19-11-16-15-7(2)21-11/h3,5-6H,4H2,1-2H3,(H,13,18)/t6-/m0/s1. The Hall–Kier alpha value is -1.52. The number of nitrogens with zero attached hydrogens (tertiary/aromatic N) is 5. The predicted octanol–water partition coefficient (Wildman–Crippen LogP) is 1.92. The van der Waals surface area contributed by atoms with Gasteiger partial charge in [0.2, 0.25) is 10.9 Å². The maximum atomic E-state index is 11.9. The predicted molar refractivity (Wildman–Crippen MR) is 82.8 cm³/mol. The van der Waals surface area contributed by atoms with Crippen molar-refractivity contribution >= 4 is 45.3 Å². The van der Waals surface area contributed by atoms with Gasteiger partial charge in [-0.25, -0.2) is 9.50 Å². The van der Waals surface area contributed by atoms with Gasteiger partial charge in [-0.05, 0) is 13.8 Å². The number of thioether (sulfide) groups is 1. The first kappa shape index (κ1) is 14.4. The summed E-state index contributed by atoms with van der Waals surface area (Å²) in [6.07, 6.45) is 1.83. The molecule has 0 aliphatic heterocycles. The van der Waals surface area contributed by atoms with Crippen molar-refractivity contribution < 1.29 is 4.79 Å². The molecule has 3 rings (SSSR count). The second kappa shape index (κ2) is 6.08. The van der Waals surface area contributed by atoms with Crippen molar-refractivity contribution in [1.29, 1.82) is 0 Å². The summed E-state index contributed by atoms with van der Waals surface area (Å²) in [4.78, 5) is 17.2. The molecule has 0 bridgehead atoms. The van der Waals surface area contributed by atoms with Gasteiger partial charge in [-0.2, -0.15) is 5.10 Å². The van der Waals surface area contributed by atoms with Gasteiger partial charge in [0.25, 0.3) is 0 Å². The highest BCUT2D eigenvalue weighted by atomic mass is 32.2. The van der Waals surface area contributed by atoms with Crippen LogP contribution in [0, 0.1) is 6.92 Å². The van der Waals surface area contributed by atoms with Gasteiger partial charge in [0.15, 0.2) is 4.34 Å². The quantitative estimate of drug-likeness (QED) is 0.714. The molecule has 0 unspecified atom stereocenters. The number of aryl methyl sites for hydroxylation is 1. The van der Waals surface area contributed by atoms with E-state index < -0.39 is 0 Å². The summed E-state index contributed by atoms with van der Waals surface area (Å²) < 4.78 is 2.52. The van der Waals surface area contributed by atoms with Gasteiger partial charge in [0, 0.05) is 0 Å². The zero-order chi connectivity index (χ0) is 14.8. The van der Waals surface area contributed by atoms with E-state index in [1.807, 2.05) is 20.0 Å². The molecule has 0 aliphatic rings. The molecule has 21 heavy (non-hydrogen) atoms. The van der Waals surface area contributed by atoms with Gasteiger partial charge in [-0.15, -0.1) is 10.2 Å². The van der Waals surface area contributed by atoms with Crippen LogP contribution >= 0.6 is 34.4 Å². The van der Waals surface area contributed by atoms with Crippen molar-refractivity contribution in [3.05, 3.63) is 22.4 Å². The second-order valence-corrected chi connectivity index (χ2v) is 7.51. The number of fused-ring (bicyclic) bond motifs is 1. The summed E-state index contributed by atoms with van der Waals surface area (Å²) >= 11 is 4.34. The Balaban J connectivity index is 1.55. The first-order valence-corrected chi connectivity index (χ1v) is 8.81. The SMILES string of the molecule is Cc1nnc(SCC(=O)N[C@@H](C)c2cn3ncsc3n2)s1. The minimum absolute atomic E-state index is 0.0512. The van der Waals surface area contributed by atoms with Crippen LogP contribution in [-0.2, 0) is 4.79 Å². The molecular formula is C11H12N6OS3. The highest BCUT2D eigenvalue weighted by Gasteiger charge is 2.14. The van der Waals surface area contributed by atoms with Crippen LogP contribution in [0.3, 0.4) is 0 Å². The number of rotatable bonds is 5. The number of nitrogens with one attached hydrogen (secondary N) is 1. The smallest absolute Gasteiger partial charge is 0.230 e. The molecule has 10 heteroatoms. The maximum Gasteiger partial charge on any atom is 0.230 e. The molecule has 0 aliphatic carbocycles. The van der Waals surface area contributed by atoms with Crippen LogP contribution in [0.1, 0.15) is 23.7 Å². The van der Waals surface area contributed by atoms with Crippen molar-refractivity contribution in [2.24, 2.45) is 0 Å². The third-order valence-corrected chi connectivity index (χ3v) is 5.32. The van der Waals surface area contributed by atoms with E-state index in [-0.39, 0.29) is 11.9 Å². The number of hydrogen-bond donors (Lipinski definition) is 1. The largest absolute Gasteiger partial charge is 0.347 e.